The number of nitrogens with zero attached hydrogens (tertiary/aromatic N) is 2. The Morgan fingerprint density at radius 1 is 1.56 bits per heavy atom. The molecule has 0 aliphatic carbocycles. The molecule has 0 aliphatic rings. The van der Waals surface area contributed by atoms with Gasteiger partial charge in [0.25, 0.3) is 0 Å². The van der Waals surface area contributed by atoms with Gasteiger partial charge in [0, 0.05) is 18.3 Å². The minimum Gasteiger partial charge on any atom is -0.362 e. The van der Waals surface area contributed by atoms with Gasteiger partial charge in [-0.1, -0.05) is 25.4 Å². The first-order valence-corrected chi connectivity index (χ1v) is 5.52. The number of halogens is 1. The summed E-state index contributed by atoms with van der Waals surface area (Å²) in [6.07, 6.45) is 3.18. The lowest BCUT2D eigenvalue weighted by molar-refractivity contribution is -0.384. The molecule has 0 aromatic carbocycles. The monoisotopic (exact) mass is 243 g/mol. The summed E-state index contributed by atoms with van der Waals surface area (Å²) in [7, 11) is 0. The lowest BCUT2D eigenvalue weighted by atomic mass is 10.2. The third-order valence-corrected chi connectivity index (χ3v) is 2.56. The number of rotatable bonds is 5. The highest BCUT2D eigenvalue weighted by Crippen LogP contribution is 2.26. The van der Waals surface area contributed by atoms with Gasteiger partial charge in [0.1, 0.15) is 0 Å². The van der Waals surface area contributed by atoms with Crippen LogP contribution < -0.4 is 5.32 Å². The van der Waals surface area contributed by atoms with E-state index in [1.165, 1.54) is 12.3 Å². The Morgan fingerprint density at radius 3 is 2.69 bits per heavy atom. The Kier molecular flexibility index (Phi) is 4.49. The van der Waals surface area contributed by atoms with E-state index >= 15 is 0 Å². The van der Waals surface area contributed by atoms with Crippen molar-refractivity contribution in [3.63, 3.8) is 0 Å². The van der Waals surface area contributed by atoms with Gasteiger partial charge in [-0.15, -0.1) is 0 Å². The zero-order valence-corrected chi connectivity index (χ0v) is 9.99. The first-order valence-electron chi connectivity index (χ1n) is 5.14. The highest BCUT2D eigenvalue weighted by molar-refractivity contribution is 6.30. The summed E-state index contributed by atoms with van der Waals surface area (Å²) in [5, 5.41) is 14.1. The summed E-state index contributed by atoms with van der Waals surface area (Å²) in [6, 6.07) is 1.49. The third-order valence-electron chi connectivity index (χ3n) is 2.36. The van der Waals surface area contributed by atoms with E-state index in [1.54, 1.807) is 0 Å². The van der Waals surface area contributed by atoms with Crippen molar-refractivity contribution < 1.29 is 4.92 Å². The van der Waals surface area contributed by atoms with Crippen LogP contribution in [-0.2, 0) is 0 Å². The normalized spacial score (nSPS) is 10.5. The summed E-state index contributed by atoms with van der Waals surface area (Å²) in [5.41, 5.74) is -0.0839. The lowest BCUT2D eigenvalue weighted by Gasteiger charge is -2.15. The molecule has 0 spiro atoms. The van der Waals surface area contributed by atoms with Crippen molar-refractivity contribution in [3.8, 4) is 0 Å². The molecule has 0 saturated carbocycles. The molecule has 0 atom stereocenters. The number of aromatic nitrogens is 1. The van der Waals surface area contributed by atoms with Crippen LogP contribution >= 0.6 is 11.6 Å². The van der Waals surface area contributed by atoms with Crippen molar-refractivity contribution in [1.29, 1.82) is 0 Å². The van der Waals surface area contributed by atoms with Crippen molar-refractivity contribution in [2.24, 2.45) is 0 Å². The minimum atomic E-state index is -0.483. The number of anilines is 1. The summed E-state index contributed by atoms with van der Waals surface area (Å²) in [6.45, 7) is 4.03. The number of nitro groups is 1. The molecule has 0 fully saturated rings. The molecule has 1 aromatic rings. The van der Waals surface area contributed by atoms with Crippen molar-refractivity contribution in [2.75, 3.05) is 5.32 Å². The smallest absolute Gasteiger partial charge is 0.312 e. The average Bonchev–Trinajstić information content (AvgIpc) is 2.27. The molecule has 5 nitrogen and oxygen atoms in total. The maximum Gasteiger partial charge on any atom is 0.312 e. The standard InChI is InChI=1S/C10H14ClN3O2/c1-3-8(4-2)13-10-9(14(15)16)5-7(11)6-12-10/h5-6,8H,3-4H2,1-2H3,(H,12,13). The van der Waals surface area contributed by atoms with Crippen molar-refractivity contribution in [2.45, 2.75) is 32.7 Å². The van der Waals surface area contributed by atoms with E-state index in [0.29, 0.717) is 0 Å². The predicted octanol–water partition coefficient (Wildman–Crippen LogP) is 3.24. The number of hydrogen-bond acceptors (Lipinski definition) is 4. The van der Waals surface area contributed by atoms with Gasteiger partial charge in [-0.3, -0.25) is 10.1 Å². The molecular formula is C10H14ClN3O2. The van der Waals surface area contributed by atoms with E-state index in [2.05, 4.69) is 10.3 Å². The van der Waals surface area contributed by atoms with E-state index in [1.807, 2.05) is 13.8 Å². The number of pyridine rings is 1. The summed E-state index contributed by atoms with van der Waals surface area (Å²) >= 11 is 5.67. The Labute approximate surface area is 99.0 Å². The second-order valence-electron chi connectivity index (χ2n) is 3.44. The van der Waals surface area contributed by atoms with Crippen LogP contribution in [0.1, 0.15) is 26.7 Å². The molecule has 6 heteroatoms. The molecule has 88 valence electrons. The van der Waals surface area contributed by atoms with Crippen LogP contribution in [0.15, 0.2) is 12.3 Å². The van der Waals surface area contributed by atoms with Gasteiger partial charge in [0.2, 0.25) is 5.82 Å². The largest absolute Gasteiger partial charge is 0.362 e. The van der Waals surface area contributed by atoms with Crippen LogP contribution in [0.25, 0.3) is 0 Å². The highest BCUT2D eigenvalue weighted by Gasteiger charge is 2.17. The molecule has 1 aromatic heterocycles. The van der Waals surface area contributed by atoms with Crippen molar-refractivity contribution >= 4 is 23.1 Å². The maximum absolute atomic E-state index is 10.8. The number of nitrogens with one attached hydrogen (secondary N) is 1. The average molecular weight is 244 g/mol. The highest BCUT2D eigenvalue weighted by atomic mass is 35.5. The van der Waals surface area contributed by atoms with Crippen LogP contribution in [0.2, 0.25) is 5.02 Å². The van der Waals surface area contributed by atoms with Crippen molar-refractivity contribution in [3.05, 3.63) is 27.4 Å². The third kappa shape index (κ3) is 3.06. The van der Waals surface area contributed by atoms with Gasteiger partial charge < -0.3 is 5.32 Å². The fourth-order valence-corrected chi connectivity index (χ4v) is 1.52. The molecule has 1 N–H and O–H groups in total. The van der Waals surface area contributed by atoms with E-state index in [-0.39, 0.29) is 22.6 Å². The molecule has 0 saturated heterocycles. The molecule has 0 aliphatic heterocycles. The van der Waals surface area contributed by atoms with Crippen LogP contribution in [-0.4, -0.2) is 15.9 Å². The van der Waals surface area contributed by atoms with E-state index < -0.39 is 4.92 Å². The first-order chi connectivity index (χ1) is 7.58. The molecule has 1 heterocycles. The molecule has 0 radical (unpaired) electrons. The first kappa shape index (κ1) is 12.7. The minimum absolute atomic E-state index is 0.0839. The van der Waals surface area contributed by atoms with Crippen LogP contribution in [0, 0.1) is 10.1 Å². The fourth-order valence-electron chi connectivity index (χ4n) is 1.37. The van der Waals surface area contributed by atoms with Gasteiger partial charge in [0.15, 0.2) is 0 Å². The second-order valence-corrected chi connectivity index (χ2v) is 3.87. The molecule has 0 unspecified atom stereocenters. The molecule has 1 rings (SSSR count). The van der Waals surface area contributed by atoms with Gasteiger partial charge in [-0.05, 0) is 12.8 Å². The van der Waals surface area contributed by atoms with Crippen molar-refractivity contribution in [1.82, 2.24) is 4.98 Å². The topological polar surface area (TPSA) is 68.1 Å². The van der Waals surface area contributed by atoms with Crippen LogP contribution in [0.3, 0.4) is 0 Å². The van der Waals surface area contributed by atoms with E-state index in [0.717, 1.165) is 12.8 Å². The van der Waals surface area contributed by atoms with Crippen LogP contribution in [0.5, 0.6) is 0 Å². The predicted molar refractivity (Wildman–Crippen MR) is 63.9 cm³/mol. The lowest BCUT2D eigenvalue weighted by Crippen LogP contribution is -2.18. The Bertz CT molecular complexity index is 380. The van der Waals surface area contributed by atoms with E-state index in [4.69, 9.17) is 11.6 Å². The number of hydrogen-bond donors (Lipinski definition) is 1. The molecule has 0 bridgehead atoms. The van der Waals surface area contributed by atoms with Gasteiger partial charge in [0.05, 0.1) is 9.95 Å². The Hall–Kier alpha value is -1.36. The van der Waals surface area contributed by atoms with Crippen LogP contribution in [0.4, 0.5) is 11.5 Å². The Morgan fingerprint density at radius 2 is 2.19 bits per heavy atom. The van der Waals surface area contributed by atoms with Gasteiger partial charge >= 0.3 is 5.69 Å². The fraction of sp³-hybridized carbons (Fsp3) is 0.500. The molecule has 0 amide bonds. The Balaban J connectivity index is 2.98. The zero-order chi connectivity index (χ0) is 12.1. The van der Waals surface area contributed by atoms with E-state index in [9.17, 15) is 10.1 Å². The molecular weight excluding hydrogens is 230 g/mol. The maximum atomic E-state index is 10.8. The van der Waals surface area contributed by atoms with Gasteiger partial charge in [-0.25, -0.2) is 4.98 Å². The quantitative estimate of drug-likeness (QED) is 0.637. The SMILES string of the molecule is CCC(CC)Nc1ncc(Cl)cc1[N+](=O)[O-]. The second kappa shape index (κ2) is 5.65. The summed E-state index contributed by atoms with van der Waals surface area (Å²) in [5.74, 6) is 0.281. The molecule has 16 heavy (non-hydrogen) atoms. The summed E-state index contributed by atoms with van der Waals surface area (Å²) in [4.78, 5) is 14.3. The van der Waals surface area contributed by atoms with Gasteiger partial charge in [-0.2, -0.15) is 0 Å². The summed E-state index contributed by atoms with van der Waals surface area (Å²) < 4.78 is 0. The zero-order valence-electron chi connectivity index (χ0n) is 9.24.